The molecule has 0 aliphatic heterocycles. The number of nitriles is 1. The summed E-state index contributed by atoms with van der Waals surface area (Å²) in [7, 11) is 0. The highest BCUT2D eigenvalue weighted by Gasteiger charge is 2.08. The van der Waals surface area contributed by atoms with E-state index in [4.69, 9.17) is 16.9 Å². The topological polar surface area (TPSA) is 49.6 Å². The molecule has 1 aromatic heterocycles. The Bertz CT molecular complexity index is 547. The van der Waals surface area contributed by atoms with E-state index in [1.807, 2.05) is 0 Å². The number of fused-ring (bicyclic) bond motifs is 1. The molecule has 0 aliphatic rings. The van der Waals surface area contributed by atoms with Crippen LogP contribution in [0.25, 0.3) is 10.9 Å². The van der Waals surface area contributed by atoms with Crippen LogP contribution >= 0.6 is 11.6 Å². The van der Waals surface area contributed by atoms with Crippen LogP contribution in [0.4, 0.5) is 4.39 Å². The second-order valence-corrected chi connectivity index (χ2v) is 3.01. The number of aromatic nitrogens is 2. The summed E-state index contributed by atoms with van der Waals surface area (Å²) < 4.78 is 12.8. The maximum atomic E-state index is 12.8. The van der Waals surface area contributed by atoms with Crippen molar-refractivity contribution in [1.82, 2.24) is 10.2 Å². The molecule has 0 amide bonds. The minimum Gasteiger partial charge on any atom is -0.207 e. The van der Waals surface area contributed by atoms with Crippen LogP contribution in [0.15, 0.2) is 18.2 Å². The minimum atomic E-state index is -0.410. The Morgan fingerprint density at radius 2 is 2.14 bits per heavy atom. The Morgan fingerprint density at radius 1 is 1.36 bits per heavy atom. The summed E-state index contributed by atoms with van der Waals surface area (Å²) in [6, 6.07) is 5.76. The van der Waals surface area contributed by atoms with E-state index in [0.717, 1.165) is 0 Å². The fourth-order valence-electron chi connectivity index (χ4n) is 1.12. The predicted molar refractivity (Wildman–Crippen MR) is 49.2 cm³/mol. The molecule has 0 N–H and O–H groups in total. The summed E-state index contributed by atoms with van der Waals surface area (Å²) >= 11 is 5.85. The van der Waals surface area contributed by atoms with E-state index in [9.17, 15) is 4.39 Å². The third-order valence-corrected chi connectivity index (χ3v) is 2.15. The molecule has 0 fully saturated rings. The van der Waals surface area contributed by atoms with E-state index >= 15 is 0 Å². The van der Waals surface area contributed by atoms with Crippen molar-refractivity contribution in [3.05, 3.63) is 34.7 Å². The third-order valence-electron chi connectivity index (χ3n) is 1.77. The maximum absolute atomic E-state index is 12.8. The smallest absolute Gasteiger partial charge is 0.182 e. The van der Waals surface area contributed by atoms with Crippen LogP contribution in [0.5, 0.6) is 0 Å². The molecule has 14 heavy (non-hydrogen) atoms. The van der Waals surface area contributed by atoms with Crippen LogP contribution in [-0.4, -0.2) is 10.2 Å². The van der Waals surface area contributed by atoms with Crippen molar-refractivity contribution in [3.63, 3.8) is 0 Å². The molecular formula is C9H3ClFN3. The summed E-state index contributed by atoms with van der Waals surface area (Å²) in [5.74, 6) is -0.410. The lowest BCUT2D eigenvalue weighted by Gasteiger charge is -1.99. The van der Waals surface area contributed by atoms with Gasteiger partial charge in [-0.2, -0.15) is 5.26 Å². The largest absolute Gasteiger partial charge is 0.207 e. The van der Waals surface area contributed by atoms with Crippen molar-refractivity contribution in [3.8, 4) is 6.07 Å². The second-order valence-electron chi connectivity index (χ2n) is 2.64. The van der Waals surface area contributed by atoms with Crippen LogP contribution in [0.3, 0.4) is 0 Å². The lowest BCUT2D eigenvalue weighted by Crippen LogP contribution is -1.91. The molecule has 1 heterocycles. The SMILES string of the molecule is N#Cc1nnc2cc(F)ccc2c1Cl. The van der Waals surface area contributed by atoms with E-state index in [-0.39, 0.29) is 10.7 Å². The van der Waals surface area contributed by atoms with Crippen LogP contribution in [0, 0.1) is 17.1 Å². The first kappa shape index (κ1) is 8.85. The highest BCUT2D eigenvalue weighted by atomic mass is 35.5. The second kappa shape index (κ2) is 3.20. The number of halogens is 2. The monoisotopic (exact) mass is 207 g/mol. The van der Waals surface area contributed by atoms with Crippen molar-refractivity contribution in [2.45, 2.75) is 0 Å². The lowest BCUT2D eigenvalue weighted by molar-refractivity contribution is 0.629. The first-order chi connectivity index (χ1) is 6.72. The molecule has 0 bridgehead atoms. The first-order valence-electron chi connectivity index (χ1n) is 3.74. The van der Waals surface area contributed by atoms with Crippen molar-refractivity contribution < 1.29 is 4.39 Å². The molecule has 0 atom stereocenters. The third kappa shape index (κ3) is 1.28. The molecule has 0 radical (unpaired) electrons. The maximum Gasteiger partial charge on any atom is 0.182 e. The van der Waals surface area contributed by atoms with Gasteiger partial charge in [-0.25, -0.2) is 4.39 Å². The lowest BCUT2D eigenvalue weighted by atomic mass is 10.2. The van der Waals surface area contributed by atoms with Crippen LogP contribution in [0.2, 0.25) is 5.02 Å². The average molecular weight is 208 g/mol. The zero-order valence-electron chi connectivity index (χ0n) is 6.83. The van der Waals surface area contributed by atoms with Gasteiger partial charge in [0.15, 0.2) is 5.69 Å². The van der Waals surface area contributed by atoms with Crippen molar-refractivity contribution in [2.75, 3.05) is 0 Å². The van der Waals surface area contributed by atoms with Gasteiger partial charge in [0.1, 0.15) is 11.9 Å². The molecule has 2 rings (SSSR count). The average Bonchev–Trinajstić information content (AvgIpc) is 2.18. The molecule has 0 spiro atoms. The first-order valence-corrected chi connectivity index (χ1v) is 4.11. The number of hydrogen-bond acceptors (Lipinski definition) is 3. The van der Waals surface area contributed by atoms with E-state index in [2.05, 4.69) is 10.2 Å². The summed E-state index contributed by atoms with van der Waals surface area (Å²) in [5.41, 5.74) is 0.389. The van der Waals surface area contributed by atoms with Gasteiger partial charge in [-0.15, -0.1) is 10.2 Å². The number of benzene rings is 1. The van der Waals surface area contributed by atoms with Crippen LogP contribution < -0.4 is 0 Å². The van der Waals surface area contributed by atoms with E-state index in [0.29, 0.717) is 10.9 Å². The van der Waals surface area contributed by atoms with Gasteiger partial charge >= 0.3 is 0 Å². The standard InChI is InChI=1S/C9H3ClFN3/c10-9-6-2-1-5(11)3-7(6)13-14-8(9)4-12/h1-3H. The molecule has 0 saturated carbocycles. The summed E-state index contributed by atoms with van der Waals surface area (Å²) in [4.78, 5) is 0. The fourth-order valence-corrected chi connectivity index (χ4v) is 1.36. The van der Waals surface area contributed by atoms with Gasteiger partial charge in [0, 0.05) is 11.5 Å². The predicted octanol–water partition coefficient (Wildman–Crippen LogP) is 2.29. The van der Waals surface area contributed by atoms with Gasteiger partial charge in [0.25, 0.3) is 0 Å². The van der Waals surface area contributed by atoms with E-state index in [1.165, 1.54) is 18.2 Å². The number of nitrogens with zero attached hydrogens (tertiary/aromatic N) is 3. The van der Waals surface area contributed by atoms with Gasteiger partial charge in [-0.3, -0.25) is 0 Å². The Morgan fingerprint density at radius 3 is 2.86 bits per heavy atom. The van der Waals surface area contributed by atoms with Crippen LogP contribution in [-0.2, 0) is 0 Å². The van der Waals surface area contributed by atoms with Crippen molar-refractivity contribution in [1.29, 1.82) is 5.26 Å². The Hall–Kier alpha value is -1.73. The molecular weight excluding hydrogens is 205 g/mol. The zero-order valence-corrected chi connectivity index (χ0v) is 7.59. The Labute approximate surface area is 83.7 Å². The van der Waals surface area contributed by atoms with Crippen LogP contribution in [0.1, 0.15) is 5.69 Å². The zero-order chi connectivity index (χ0) is 10.1. The highest BCUT2D eigenvalue weighted by Crippen LogP contribution is 2.23. The highest BCUT2D eigenvalue weighted by molar-refractivity contribution is 6.36. The van der Waals surface area contributed by atoms with E-state index in [1.54, 1.807) is 6.07 Å². The van der Waals surface area contributed by atoms with Crippen molar-refractivity contribution in [2.24, 2.45) is 0 Å². The normalized spacial score (nSPS) is 10.1. The van der Waals surface area contributed by atoms with Crippen molar-refractivity contribution >= 4 is 22.5 Å². The molecule has 0 aliphatic carbocycles. The molecule has 1 aromatic carbocycles. The Balaban J connectivity index is 2.85. The summed E-state index contributed by atoms with van der Waals surface area (Å²) in [6.07, 6.45) is 0. The minimum absolute atomic E-state index is 0.0470. The van der Waals surface area contributed by atoms with Gasteiger partial charge in [-0.1, -0.05) is 11.6 Å². The van der Waals surface area contributed by atoms with E-state index < -0.39 is 5.82 Å². The summed E-state index contributed by atoms with van der Waals surface area (Å²) in [5, 5.41) is 16.6. The molecule has 0 saturated heterocycles. The molecule has 3 nitrogen and oxygen atoms in total. The summed E-state index contributed by atoms with van der Waals surface area (Å²) in [6.45, 7) is 0. The van der Waals surface area contributed by atoms with Gasteiger partial charge in [0.2, 0.25) is 0 Å². The Kier molecular flexibility index (Phi) is 2.02. The van der Waals surface area contributed by atoms with Gasteiger partial charge in [0.05, 0.1) is 10.5 Å². The van der Waals surface area contributed by atoms with Gasteiger partial charge in [-0.05, 0) is 12.1 Å². The number of rotatable bonds is 0. The molecule has 2 aromatic rings. The molecule has 5 heteroatoms. The van der Waals surface area contributed by atoms with Gasteiger partial charge < -0.3 is 0 Å². The fraction of sp³-hybridized carbons (Fsp3) is 0. The number of hydrogen-bond donors (Lipinski definition) is 0. The molecule has 0 unspecified atom stereocenters. The molecule has 68 valence electrons. The quantitative estimate of drug-likeness (QED) is 0.666.